The standard InChI is InChI=1S/C18H22N2O2S/c19-18(22)13-8-10-20(11-9-13)17(21)7-3-4-14-12-23-16-6-2-1-5-15(14)16/h1-2,5-6,12-13H,3-4,7-11H2,(H2,19,22). The Morgan fingerprint density at radius 3 is 2.70 bits per heavy atom. The van der Waals surface area contributed by atoms with E-state index in [0.717, 1.165) is 12.8 Å². The van der Waals surface area contributed by atoms with Crippen molar-refractivity contribution in [2.75, 3.05) is 13.1 Å². The molecule has 2 amide bonds. The maximum Gasteiger partial charge on any atom is 0.222 e. The van der Waals surface area contributed by atoms with E-state index in [9.17, 15) is 9.59 Å². The summed E-state index contributed by atoms with van der Waals surface area (Å²) in [5, 5.41) is 3.51. The molecule has 2 heterocycles. The van der Waals surface area contributed by atoms with E-state index in [4.69, 9.17) is 5.73 Å². The number of hydrogen-bond donors (Lipinski definition) is 1. The number of carbonyl (C=O) groups is 2. The number of nitrogens with two attached hydrogens (primary N) is 1. The van der Waals surface area contributed by atoms with Crippen molar-refractivity contribution in [2.45, 2.75) is 32.1 Å². The highest BCUT2D eigenvalue weighted by molar-refractivity contribution is 7.17. The maximum atomic E-state index is 12.3. The van der Waals surface area contributed by atoms with Gasteiger partial charge in [-0.3, -0.25) is 9.59 Å². The fraction of sp³-hybridized carbons (Fsp3) is 0.444. The number of piperidine rings is 1. The van der Waals surface area contributed by atoms with Crippen molar-refractivity contribution in [2.24, 2.45) is 11.7 Å². The third-order valence-corrected chi connectivity index (χ3v) is 5.66. The van der Waals surface area contributed by atoms with Gasteiger partial charge >= 0.3 is 0 Å². The van der Waals surface area contributed by atoms with Crippen LogP contribution in [0, 0.1) is 5.92 Å². The molecule has 3 rings (SSSR count). The van der Waals surface area contributed by atoms with Gasteiger partial charge in [-0.1, -0.05) is 18.2 Å². The molecule has 2 aromatic rings. The Bertz CT molecular complexity index is 702. The second-order valence-corrected chi connectivity index (χ2v) is 7.08. The minimum absolute atomic E-state index is 0.0591. The number of rotatable bonds is 5. The molecule has 0 atom stereocenters. The molecular weight excluding hydrogens is 308 g/mol. The van der Waals surface area contributed by atoms with Gasteiger partial charge in [0.1, 0.15) is 0 Å². The minimum Gasteiger partial charge on any atom is -0.369 e. The van der Waals surface area contributed by atoms with Crippen LogP contribution in [0.4, 0.5) is 0 Å². The molecule has 0 spiro atoms. The molecule has 5 heteroatoms. The van der Waals surface area contributed by atoms with Crippen LogP contribution in [0.5, 0.6) is 0 Å². The van der Waals surface area contributed by atoms with Crippen LogP contribution in [0.15, 0.2) is 29.6 Å². The first kappa shape index (κ1) is 16.0. The van der Waals surface area contributed by atoms with Crippen LogP contribution in [-0.4, -0.2) is 29.8 Å². The van der Waals surface area contributed by atoms with Crippen molar-refractivity contribution < 1.29 is 9.59 Å². The largest absolute Gasteiger partial charge is 0.369 e. The predicted octanol–water partition coefficient (Wildman–Crippen LogP) is 2.95. The Hall–Kier alpha value is -1.88. The fourth-order valence-corrected chi connectivity index (χ4v) is 4.23. The highest BCUT2D eigenvalue weighted by Crippen LogP contribution is 2.27. The summed E-state index contributed by atoms with van der Waals surface area (Å²) >= 11 is 1.76. The highest BCUT2D eigenvalue weighted by atomic mass is 32.1. The molecule has 4 nitrogen and oxygen atoms in total. The summed E-state index contributed by atoms with van der Waals surface area (Å²) in [6.07, 6.45) is 3.79. The van der Waals surface area contributed by atoms with Crippen LogP contribution in [0.2, 0.25) is 0 Å². The molecule has 2 N–H and O–H groups in total. The Morgan fingerprint density at radius 2 is 1.96 bits per heavy atom. The molecule has 1 aromatic heterocycles. The zero-order chi connectivity index (χ0) is 16.2. The molecule has 0 bridgehead atoms. The van der Waals surface area contributed by atoms with E-state index in [1.165, 1.54) is 15.6 Å². The second-order valence-electron chi connectivity index (χ2n) is 6.17. The number of carbonyl (C=O) groups excluding carboxylic acids is 2. The van der Waals surface area contributed by atoms with Gasteiger partial charge in [0.05, 0.1) is 0 Å². The molecule has 0 aliphatic carbocycles. The van der Waals surface area contributed by atoms with E-state index in [1.807, 2.05) is 4.90 Å². The van der Waals surface area contributed by atoms with Crippen LogP contribution in [0.3, 0.4) is 0 Å². The summed E-state index contributed by atoms with van der Waals surface area (Å²) in [7, 11) is 0. The summed E-state index contributed by atoms with van der Waals surface area (Å²) in [5.74, 6) is -0.0925. The average Bonchev–Trinajstić information content (AvgIpc) is 2.98. The number of fused-ring (bicyclic) bond motifs is 1. The number of likely N-dealkylation sites (tertiary alicyclic amines) is 1. The zero-order valence-electron chi connectivity index (χ0n) is 13.2. The summed E-state index contributed by atoms with van der Waals surface area (Å²) in [5.41, 5.74) is 6.67. The first-order valence-corrected chi connectivity index (χ1v) is 9.05. The number of aryl methyl sites for hydroxylation is 1. The summed E-state index contributed by atoms with van der Waals surface area (Å²) < 4.78 is 1.31. The topological polar surface area (TPSA) is 63.4 Å². The van der Waals surface area contributed by atoms with E-state index < -0.39 is 0 Å². The van der Waals surface area contributed by atoms with Crippen molar-refractivity contribution in [1.82, 2.24) is 4.90 Å². The third-order valence-electron chi connectivity index (χ3n) is 4.65. The van der Waals surface area contributed by atoms with Crippen LogP contribution in [0.1, 0.15) is 31.2 Å². The first-order valence-electron chi connectivity index (χ1n) is 8.17. The maximum absolute atomic E-state index is 12.3. The number of hydrogen-bond acceptors (Lipinski definition) is 3. The summed E-state index contributed by atoms with van der Waals surface area (Å²) in [6.45, 7) is 1.32. The van der Waals surface area contributed by atoms with Gasteiger partial charge in [0.25, 0.3) is 0 Å². The molecular formula is C18H22N2O2S. The van der Waals surface area contributed by atoms with Crippen LogP contribution >= 0.6 is 11.3 Å². The summed E-state index contributed by atoms with van der Waals surface area (Å²) in [6, 6.07) is 8.41. The van der Waals surface area contributed by atoms with Crippen LogP contribution < -0.4 is 5.73 Å². The number of benzene rings is 1. The van der Waals surface area contributed by atoms with Gasteiger partial charge in [-0.2, -0.15) is 0 Å². The Labute approximate surface area is 140 Å². The van der Waals surface area contributed by atoms with Gasteiger partial charge in [-0.15, -0.1) is 11.3 Å². The lowest BCUT2D eigenvalue weighted by Crippen LogP contribution is -2.41. The lowest BCUT2D eigenvalue weighted by Gasteiger charge is -2.30. The smallest absolute Gasteiger partial charge is 0.222 e. The van der Waals surface area contributed by atoms with Crippen molar-refractivity contribution in [3.05, 3.63) is 35.2 Å². The van der Waals surface area contributed by atoms with Gasteiger partial charge in [0, 0.05) is 30.1 Å². The lowest BCUT2D eigenvalue weighted by atomic mass is 9.96. The minimum atomic E-state index is -0.235. The molecule has 1 aliphatic rings. The van der Waals surface area contributed by atoms with Crippen molar-refractivity contribution >= 4 is 33.2 Å². The third kappa shape index (κ3) is 3.72. The molecule has 1 aromatic carbocycles. The highest BCUT2D eigenvalue weighted by Gasteiger charge is 2.25. The normalized spacial score (nSPS) is 15.9. The monoisotopic (exact) mass is 330 g/mol. The molecule has 1 aliphatic heterocycles. The number of primary amides is 1. The Kier molecular flexibility index (Phi) is 4.96. The second kappa shape index (κ2) is 7.13. The van der Waals surface area contributed by atoms with Gasteiger partial charge in [0.15, 0.2) is 0 Å². The molecule has 0 saturated carbocycles. The molecule has 122 valence electrons. The number of nitrogens with zero attached hydrogens (tertiary/aromatic N) is 1. The molecule has 23 heavy (non-hydrogen) atoms. The Balaban J connectivity index is 1.47. The van der Waals surface area contributed by atoms with E-state index in [1.54, 1.807) is 11.3 Å². The average molecular weight is 330 g/mol. The van der Waals surface area contributed by atoms with E-state index in [2.05, 4.69) is 29.6 Å². The van der Waals surface area contributed by atoms with Crippen LogP contribution in [-0.2, 0) is 16.0 Å². The fourth-order valence-electron chi connectivity index (χ4n) is 3.23. The van der Waals surface area contributed by atoms with Crippen LogP contribution in [0.25, 0.3) is 10.1 Å². The van der Waals surface area contributed by atoms with Gasteiger partial charge in [-0.25, -0.2) is 0 Å². The van der Waals surface area contributed by atoms with Crippen molar-refractivity contribution in [3.63, 3.8) is 0 Å². The SMILES string of the molecule is NC(=O)C1CCN(C(=O)CCCc2csc3ccccc23)CC1. The van der Waals surface area contributed by atoms with Gasteiger partial charge < -0.3 is 10.6 Å². The molecule has 0 unspecified atom stereocenters. The number of amides is 2. The van der Waals surface area contributed by atoms with Crippen molar-refractivity contribution in [1.29, 1.82) is 0 Å². The first-order chi connectivity index (χ1) is 11.1. The number of thiophene rings is 1. The van der Waals surface area contributed by atoms with Gasteiger partial charge in [0.2, 0.25) is 11.8 Å². The van der Waals surface area contributed by atoms with E-state index in [-0.39, 0.29) is 17.7 Å². The van der Waals surface area contributed by atoms with E-state index in [0.29, 0.717) is 32.4 Å². The van der Waals surface area contributed by atoms with Gasteiger partial charge in [-0.05, 0) is 48.1 Å². The molecule has 1 fully saturated rings. The lowest BCUT2D eigenvalue weighted by molar-refractivity contribution is -0.134. The van der Waals surface area contributed by atoms with Crippen molar-refractivity contribution in [3.8, 4) is 0 Å². The van der Waals surface area contributed by atoms with E-state index >= 15 is 0 Å². The molecule has 0 radical (unpaired) electrons. The summed E-state index contributed by atoms with van der Waals surface area (Å²) in [4.78, 5) is 25.3. The quantitative estimate of drug-likeness (QED) is 0.916. The Morgan fingerprint density at radius 1 is 1.22 bits per heavy atom. The predicted molar refractivity (Wildman–Crippen MR) is 93.3 cm³/mol. The zero-order valence-corrected chi connectivity index (χ0v) is 14.0. The molecule has 1 saturated heterocycles.